The summed E-state index contributed by atoms with van der Waals surface area (Å²) in [5, 5.41) is 9.12. The molecule has 0 aliphatic rings. The van der Waals surface area contributed by atoms with E-state index in [9.17, 15) is 4.79 Å². The second-order valence-electron chi connectivity index (χ2n) is 5.91. The quantitative estimate of drug-likeness (QED) is 0.555. The molecule has 3 N–H and O–H groups in total. The zero-order chi connectivity index (χ0) is 18.8. The van der Waals surface area contributed by atoms with E-state index in [0.29, 0.717) is 28.6 Å². The van der Waals surface area contributed by atoms with Gasteiger partial charge in [0.2, 0.25) is 5.91 Å². The molecule has 7 nitrogen and oxygen atoms in total. The normalized spacial score (nSPS) is 10.9. The van der Waals surface area contributed by atoms with Crippen LogP contribution < -0.4 is 11.1 Å². The highest BCUT2D eigenvalue weighted by molar-refractivity contribution is 6.30. The van der Waals surface area contributed by atoms with Crippen molar-refractivity contribution in [1.29, 1.82) is 0 Å². The summed E-state index contributed by atoms with van der Waals surface area (Å²) in [5.41, 5.74) is 8.24. The number of nitrogens with one attached hydrogen (secondary N) is 1. The number of fused-ring (bicyclic) bond motifs is 1. The summed E-state index contributed by atoms with van der Waals surface area (Å²) in [6, 6.07) is 14.5. The molecule has 0 fully saturated rings. The predicted molar refractivity (Wildman–Crippen MR) is 104 cm³/mol. The van der Waals surface area contributed by atoms with E-state index in [1.165, 1.54) is 6.33 Å². The van der Waals surface area contributed by atoms with E-state index in [1.807, 2.05) is 36.4 Å². The molecule has 2 aromatic carbocycles. The van der Waals surface area contributed by atoms with E-state index >= 15 is 0 Å². The molecule has 27 heavy (non-hydrogen) atoms. The third-order valence-corrected chi connectivity index (χ3v) is 4.35. The molecule has 0 saturated carbocycles. The van der Waals surface area contributed by atoms with E-state index in [2.05, 4.69) is 20.4 Å². The van der Waals surface area contributed by atoms with Gasteiger partial charge in [0, 0.05) is 17.1 Å². The second-order valence-corrected chi connectivity index (χ2v) is 6.35. The lowest BCUT2D eigenvalue weighted by Gasteiger charge is -2.08. The topological polar surface area (TPSA) is 98.7 Å². The molecule has 0 saturated heterocycles. The Morgan fingerprint density at radius 1 is 1.15 bits per heavy atom. The Morgan fingerprint density at radius 2 is 1.96 bits per heavy atom. The molecule has 0 unspecified atom stereocenters. The van der Waals surface area contributed by atoms with Gasteiger partial charge in [-0.1, -0.05) is 29.8 Å². The minimum absolute atomic E-state index is 0.444. The summed E-state index contributed by atoms with van der Waals surface area (Å²) < 4.78 is 1.72. The number of carbonyl (C=O) groups is 1. The largest absolute Gasteiger partial charge is 0.366 e. The summed E-state index contributed by atoms with van der Waals surface area (Å²) >= 11 is 6.08. The summed E-state index contributed by atoms with van der Waals surface area (Å²) in [7, 11) is 0. The van der Waals surface area contributed by atoms with Crippen LogP contribution in [0.25, 0.3) is 16.7 Å². The van der Waals surface area contributed by atoms with Crippen LogP contribution in [-0.2, 0) is 6.54 Å². The molecule has 8 heteroatoms. The Labute approximate surface area is 159 Å². The van der Waals surface area contributed by atoms with Gasteiger partial charge in [-0.25, -0.2) is 14.6 Å². The standard InChI is InChI=1S/C19H15ClN6O/c20-14-2-1-3-15(8-14)26-19-16(10-25-26)18(23-11-24-19)22-9-12-4-6-13(7-5-12)17(21)27/h1-8,10-11H,9H2,(H2,21,27)(H,22,23,24). The average molecular weight is 379 g/mol. The molecule has 0 bridgehead atoms. The summed E-state index contributed by atoms with van der Waals surface area (Å²) in [6.07, 6.45) is 3.21. The van der Waals surface area contributed by atoms with E-state index in [0.717, 1.165) is 16.6 Å². The number of halogens is 1. The average Bonchev–Trinajstić information content (AvgIpc) is 3.11. The van der Waals surface area contributed by atoms with Crippen LogP contribution in [0.3, 0.4) is 0 Å². The van der Waals surface area contributed by atoms with Crippen molar-refractivity contribution < 1.29 is 4.79 Å². The number of rotatable bonds is 5. The van der Waals surface area contributed by atoms with E-state index < -0.39 is 5.91 Å². The number of nitrogens with zero attached hydrogens (tertiary/aromatic N) is 4. The van der Waals surface area contributed by atoms with Crippen molar-refractivity contribution in [2.24, 2.45) is 5.73 Å². The Hall–Kier alpha value is -3.45. The molecule has 1 amide bonds. The van der Waals surface area contributed by atoms with Crippen molar-refractivity contribution in [3.8, 4) is 5.69 Å². The lowest BCUT2D eigenvalue weighted by Crippen LogP contribution is -2.11. The zero-order valence-corrected chi connectivity index (χ0v) is 14.9. The number of anilines is 1. The number of aromatic nitrogens is 4. The highest BCUT2D eigenvalue weighted by Gasteiger charge is 2.11. The van der Waals surface area contributed by atoms with Gasteiger partial charge >= 0.3 is 0 Å². The van der Waals surface area contributed by atoms with Gasteiger partial charge in [-0.2, -0.15) is 5.10 Å². The van der Waals surface area contributed by atoms with Gasteiger partial charge in [-0.05, 0) is 35.9 Å². The second kappa shape index (κ2) is 7.05. The minimum Gasteiger partial charge on any atom is -0.366 e. The van der Waals surface area contributed by atoms with Crippen LogP contribution in [-0.4, -0.2) is 25.7 Å². The first kappa shape index (κ1) is 17.0. The van der Waals surface area contributed by atoms with Crippen molar-refractivity contribution in [2.45, 2.75) is 6.54 Å². The van der Waals surface area contributed by atoms with Crippen molar-refractivity contribution in [3.05, 3.63) is 77.2 Å². The molecule has 0 radical (unpaired) electrons. The number of primary amides is 1. The maximum Gasteiger partial charge on any atom is 0.248 e. The minimum atomic E-state index is -0.444. The lowest BCUT2D eigenvalue weighted by molar-refractivity contribution is 0.100. The number of nitrogens with two attached hydrogens (primary N) is 1. The molecule has 134 valence electrons. The van der Waals surface area contributed by atoms with Gasteiger partial charge in [0.15, 0.2) is 5.65 Å². The van der Waals surface area contributed by atoms with Crippen LogP contribution in [0.1, 0.15) is 15.9 Å². The van der Waals surface area contributed by atoms with Crippen molar-refractivity contribution in [2.75, 3.05) is 5.32 Å². The number of hydrogen-bond donors (Lipinski definition) is 2. The number of benzene rings is 2. The van der Waals surface area contributed by atoms with Gasteiger partial charge in [0.1, 0.15) is 12.1 Å². The number of amides is 1. The SMILES string of the molecule is NC(=O)c1ccc(CNc2ncnc3c2cnn3-c2cccc(Cl)c2)cc1. The Bertz CT molecular complexity index is 1120. The van der Waals surface area contributed by atoms with Crippen molar-refractivity contribution in [1.82, 2.24) is 19.7 Å². The smallest absolute Gasteiger partial charge is 0.248 e. The molecule has 2 heterocycles. The fourth-order valence-corrected chi connectivity index (χ4v) is 2.94. The maximum absolute atomic E-state index is 11.2. The first-order valence-corrected chi connectivity index (χ1v) is 8.57. The summed E-state index contributed by atoms with van der Waals surface area (Å²) in [4.78, 5) is 19.8. The van der Waals surface area contributed by atoms with Gasteiger partial charge in [0.25, 0.3) is 0 Å². The van der Waals surface area contributed by atoms with Crippen LogP contribution in [0, 0.1) is 0 Å². The molecule has 0 aliphatic carbocycles. The Morgan fingerprint density at radius 3 is 2.70 bits per heavy atom. The zero-order valence-electron chi connectivity index (χ0n) is 14.1. The van der Waals surface area contributed by atoms with Crippen LogP contribution >= 0.6 is 11.6 Å². The number of carbonyl (C=O) groups excluding carboxylic acids is 1. The monoisotopic (exact) mass is 378 g/mol. The van der Waals surface area contributed by atoms with Crippen LogP contribution in [0.15, 0.2) is 61.1 Å². The van der Waals surface area contributed by atoms with E-state index in [1.54, 1.807) is 23.0 Å². The van der Waals surface area contributed by atoms with Crippen LogP contribution in [0.2, 0.25) is 5.02 Å². The van der Waals surface area contributed by atoms with E-state index in [-0.39, 0.29) is 0 Å². The molecule has 0 aliphatic heterocycles. The predicted octanol–water partition coefficient (Wildman–Crippen LogP) is 3.18. The van der Waals surface area contributed by atoms with Crippen molar-refractivity contribution >= 4 is 34.4 Å². The Balaban J connectivity index is 1.60. The molecule has 4 rings (SSSR count). The first-order valence-electron chi connectivity index (χ1n) is 8.19. The fourth-order valence-electron chi connectivity index (χ4n) is 2.75. The fraction of sp³-hybridized carbons (Fsp3) is 0.0526. The third kappa shape index (κ3) is 3.45. The van der Waals surface area contributed by atoms with Crippen molar-refractivity contribution in [3.63, 3.8) is 0 Å². The number of hydrogen-bond acceptors (Lipinski definition) is 5. The van der Waals surface area contributed by atoms with Gasteiger partial charge in [-0.3, -0.25) is 4.79 Å². The maximum atomic E-state index is 11.2. The molecular formula is C19H15ClN6O. The highest BCUT2D eigenvalue weighted by Crippen LogP contribution is 2.23. The van der Waals surface area contributed by atoms with Gasteiger partial charge < -0.3 is 11.1 Å². The van der Waals surface area contributed by atoms with E-state index in [4.69, 9.17) is 17.3 Å². The van der Waals surface area contributed by atoms with Gasteiger partial charge in [0.05, 0.1) is 17.3 Å². The highest BCUT2D eigenvalue weighted by atomic mass is 35.5. The van der Waals surface area contributed by atoms with Gasteiger partial charge in [-0.15, -0.1) is 0 Å². The van der Waals surface area contributed by atoms with Crippen LogP contribution in [0.5, 0.6) is 0 Å². The molecular weight excluding hydrogens is 364 g/mol. The Kier molecular flexibility index (Phi) is 4.43. The summed E-state index contributed by atoms with van der Waals surface area (Å²) in [6.45, 7) is 0.535. The molecule has 2 aromatic heterocycles. The molecule has 0 atom stereocenters. The molecule has 4 aromatic rings. The summed E-state index contributed by atoms with van der Waals surface area (Å²) in [5.74, 6) is 0.229. The lowest BCUT2D eigenvalue weighted by atomic mass is 10.1. The third-order valence-electron chi connectivity index (χ3n) is 4.12. The first-order chi connectivity index (χ1) is 13.1. The van der Waals surface area contributed by atoms with Crippen LogP contribution in [0.4, 0.5) is 5.82 Å². The molecule has 0 spiro atoms.